The van der Waals surface area contributed by atoms with Crippen molar-refractivity contribution < 1.29 is 23.5 Å². The SMILES string of the molecule is COC(=O)C(Nc1oc(-c2ccc(Cl)cc2)cc1C#N)C(=O)OC. The lowest BCUT2D eigenvalue weighted by Gasteiger charge is -2.13. The van der Waals surface area contributed by atoms with Crippen molar-refractivity contribution in [2.75, 3.05) is 19.5 Å². The first-order valence-electron chi connectivity index (χ1n) is 6.72. The summed E-state index contributed by atoms with van der Waals surface area (Å²) in [6.45, 7) is 0. The third-order valence-electron chi connectivity index (χ3n) is 3.13. The molecule has 2 rings (SSSR count). The molecular formula is C16H13ClN2O5. The molecule has 0 saturated carbocycles. The second-order valence-electron chi connectivity index (χ2n) is 4.60. The van der Waals surface area contributed by atoms with E-state index in [0.717, 1.165) is 14.2 Å². The molecule has 1 aromatic heterocycles. The highest BCUT2D eigenvalue weighted by atomic mass is 35.5. The fourth-order valence-corrected chi connectivity index (χ4v) is 2.04. The highest BCUT2D eigenvalue weighted by Crippen LogP contribution is 2.30. The maximum Gasteiger partial charge on any atom is 0.340 e. The molecule has 0 aliphatic heterocycles. The Labute approximate surface area is 142 Å². The molecule has 0 saturated heterocycles. The lowest BCUT2D eigenvalue weighted by atomic mass is 10.1. The number of hydrogen-bond donors (Lipinski definition) is 1. The number of nitrogens with zero attached hydrogens (tertiary/aromatic N) is 1. The van der Waals surface area contributed by atoms with Gasteiger partial charge in [0, 0.05) is 16.7 Å². The van der Waals surface area contributed by atoms with E-state index in [2.05, 4.69) is 14.8 Å². The van der Waals surface area contributed by atoms with E-state index in [1.807, 2.05) is 6.07 Å². The van der Waals surface area contributed by atoms with Crippen molar-refractivity contribution in [3.05, 3.63) is 40.9 Å². The average Bonchev–Trinajstić information content (AvgIpc) is 3.01. The van der Waals surface area contributed by atoms with Gasteiger partial charge in [-0.15, -0.1) is 0 Å². The normalized spacial score (nSPS) is 10.1. The van der Waals surface area contributed by atoms with Gasteiger partial charge < -0.3 is 19.2 Å². The van der Waals surface area contributed by atoms with Crippen LogP contribution in [0, 0.1) is 11.3 Å². The lowest BCUT2D eigenvalue weighted by Crippen LogP contribution is -2.39. The van der Waals surface area contributed by atoms with Crippen LogP contribution < -0.4 is 5.32 Å². The first kappa shape index (κ1) is 17.4. The molecule has 124 valence electrons. The van der Waals surface area contributed by atoms with Crippen molar-refractivity contribution >= 4 is 29.4 Å². The molecule has 0 spiro atoms. The summed E-state index contributed by atoms with van der Waals surface area (Å²) >= 11 is 5.84. The fraction of sp³-hybridized carbons (Fsp3) is 0.188. The van der Waals surface area contributed by atoms with E-state index in [1.165, 1.54) is 6.07 Å². The second-order valence-corrected chi connectivity index (χ2v) is 5.03. The standard InChI is InChI=1S/C16H13ClN2O5/c1-22-15(20)13(16(21)23-2)19-14-10(8-18)7-12(24-14)9-3-5-11(17)6-4-9/h3-7,13,19H,1-2H3. The number of methoxy groups -OCH3 is 2. The van der Waals surface area contributed by atoms with Crippen molar-refractivity contribution in [1.29, 1.82) is 5.26 Å². The summed E-state index contributed by atoms with van der Waals surface area (Å²) in [5.74, 6) is -1.40. The van der Waals surface area contributed by atoms with E-state index in [0.29, 0.717) is 16.3 Å². The van der Waals surface area contributed by atoms with Gasteiger partial charge in [-0.05, 0) is 24.3 Å². The monoisotopic (exact) mass is 348 g/mol. The quantitative estimate of drug-likeness (QED) is 0.654. The lowest BCUT2D eigenvalue weighted by molar-refractivity contribution is -0.152. The minimum Gasteiger partial charge on any atom is -0.467 e. The molecule has 0 aliphatic carbocycles. The van der Waals surface area contributed by atoms with Gasteiger partial charge in [-0.25, -0.2) is 9.59 Å². The molecule has 24 heavy (non-hydrogen) atoms. The van der Waals surface area contributed by atoms with E-state index < -0.39 is 18.0 Å². The Hall–Kier alpha value is -2.98. The van der Waals surface area contributed by atoms with Crippen molar-refractivity contribution in [1.82, 2.24) is 0 Å². The molecule has 7 nitrogen and oxygen atoms in total. The molecule has 0 fully saturated rings. The largest absolute Gasteiger partial charge is 0.467 e. The van der Waals surface area contributed by atoms with Crippen LogP contribution in [0.15, 0.2) is 34.7 Å². The van der Waals surface area contributed by atoms with Gasteiger partial charge in [0.15, 0.2) is 0 Å². The third-order valence-corrected chi connectivity index (χ3v) is 3.38. The molecule has 0 amide bonds. The third kappa shape index (κ3) is 3.67. The Morgan fingerprint density at radius 2 is 1.79 bits per heavy atom. The van der Waals surface area contributed by atoms with E-state index in [1.54, 1.807) is 24.3 Å². The van der Waals surface area contributed by atoms with Gasteiger partial charge in [0.1, 0.15) is 17.4 Å². The molecule has 0 unspecified atom stereocenters. The number of rotatable bonds is 5. The summed E-state index contributed by atoms with van der Waals surface area (Å²) in [5.41, 5.74) is 0.800. The van der Waals surface area contributed by atoms with Gasteiger partial charge in [-0.2, -0.15) is 5.26 Å². The van der Waals surface area contributed by atoms with Gasteiger partial charge >= 0.3 is 11.9 Å². The number of ether oxygens (including phenoxy) is 2. The Balaban J connectivity index is 2.36. The maximum absolute atomic E-state index is 11.7. The second kappa shape index (κ2) is 7.53. The Morgan fingerprint density at radius 1 is 1.21 bits per heavy atom. The Bertz CT molecular complexity index is 776. The molecule has 8 heteroatoms. The van der Waals surface area contributed by atoms with E-state index in [4.69, 9.17) is 16.0 Å². The first-order chi connectivity index (χ1) is 11.5. The van der Waals surface area contributed by atoms with Crippen LogP contribution in [0.25, 0.3) is 11.3 Å². The number of nitrogens with one attached hydrogen (secondary N) is 1. The number of furan rings is 1. The molecule has 1 aromatic carbocycles. The van der Waals surface area contributed by atoms with Crippen molar-refractivity contribution in [2.24, 2.45) is 0 Å². The summed E-state index contributed by atoms with van der Waals surface area (Å²) in [4.78, 5) is 23.4. The number of halogens is 1. The van der Waals surface area contributed by atoms with Gasteiger partial charge in [0.2, 0.25) is 11.9 Å². The predicted octanol–water partition coefficient (Wildman–Crippen LogP) is 2.60. The van der Waals surface area contributed by atoms with E-state index in [-0.39, 0.29) is 11.4 Å². The smallest absolute Gasteiger partial charge is 0.340 e. The van der Waals surface area contributed by atoms with Crippen molar-refractivity contribution in [3.63, 3.8) is 0 Å². The Morgan fingerprint density at radius 3 is 2.29 bits per heavy atom. The molecule has 1 heterocycles. The van der Waals surface area contributed by atoms with Gasteiger partial charge in [0.25, 0.3) is 0 Å². The molecule has 0 atom stereocenters. The zero-order valence-electron chi connectivity index (χ0n) is 12.8. The number of carbonyl (C=O) groups excluding carboxylic acids is 2. The summed E-state index contributed by atoms with van der Waals surface area (Å²) < 4.78 is 14.6. The van der Waals surface area contributed by atoms with Crippen LogP contribution in [0.4, 0.5) is 5.88 Å². The highest BCUT2D eigenvalue weighted by molar-refractivity contribution is 6.30. The zero-order valence-corrected chi connectivity index (χ0v) is 13.6. The molecule has 2 aromatic rings. The molecule has 0 radical (unpaired) electrons. The topological polar surface area (TPSA) is 102 Å². The summed E-state index contributed by atoms with van der Waals surface area (Å²) in [7, 11) is 2.26. The van der Waals surface area contributed by atoms with Gasteiger partial charge in [0.05, 0.1) is 14.2 Å². The van der Waals surface area contributed by atoms with Crippen LogP contribution in [0.3, 0.4) is 0 Å². The Kier molecular flexibility index (Phi) is 5.45. The summed E-state index contributed by atoms with van der Waals surface area (Å²) in [5, 5.41) is 12.3. The molecular weight excluding hydrogens is 336 g/mol. The van der Waals surface area contributed by atoms with E-state index in [9.17, 15) is 14.9 Å². The molecule has 1 N–H and O–H groups in total. The first-order valence-corrected chi connectivity index (χ1v) is 7.10. The van der Waals surface area contributed by atoms with Gasteiger partial charge in [-0.1, -0.05) is 11.6 Å². The average molecular weight is 349 g/mol. The number of anilines is 1. The number of benzene rings is 1. The minimum atomic E-state index is -1.45. The minimum absolute atomic E-state index is 0.0387. The van der Waals surface area contributed by atoms with Crippen LogP contribution in [0.1, 0.15) is 5.56 Å². The summed E-state index contributed by atoms with van der Waals surface area (Å²) in [6.07, 6.45) is 0. The fourth-order valence-electron chi connectivity index (χ4n) is 1.92. The maximum atomic E-state index is 11.7. The number of carbonyl (C=O) groups is 2. The zero-order chi connectivity index (χ0) is 17.7. The van der Waals surface area contributed by atoms with Crippen LogP contribution >= 0.6 is 11.6 Å². The van der Waals surface area contributed by atoms with Crippen molar-refractivity contribution in [2.45, 2.75) is 6.04 Å². The number of hydrogen-bond acceptors (Lipinski definition) is 7. The number of nitriles is 1. The van der Waals surface area contributed by atoms with Gasteiger partial charge in [-0.3, -0.25) is 0 Å². The molecule has 0 aliphatic rings. The van der Waals surface area contributed by atoms with E-state index >= 15 is 0 Å². The van der Waals surface area contributed by atoms with Crippen molar-refractivity contribution in [3.8, 4) is 17.4 Å². The predicted molar refractivity (Wildman–Crippen MR) is 85.3 cm³/mol. The highest BCUT2D eigenvalue weighted by Gasteiger charge is 2.30. The summed E-state index contributed by atoms with van der Waals surface area (Å²) in [6, 6.07) is 8.73. The van der Waals surface area contributed by atoms with Crippen LogP contribution in [0.2, 0.25) is 5.02 Å². The van der Waals surface area contributed by atoms with Crippen LogP contribution in [-0.4, -0.2) is 32.2 Å². The van der Waals surface area contributed by atoms with Crippen LogP contribution in [0.5, 0.6) is 0 Å². The number of esters is 2. The molecule has 0 bridgehead atoms. The van der Waals surface area contributed by atoms with Crippen LogP contribution in [-0.2, 0) is 19.1 Å².